The lowest BCUT2D eigenvalue weighted by Gasteiger charge is -2.18. The van der Waals surface area contributed by atoms with E-state index in [1.807, 2.05) is 17.5 Å². The number of allylic oxidation sites excluding steroid dienone is 1. The van der Waals surface area contributed by atoms with Crippen LogP contribution < -0.4 is 9.47 Å². The molecule has 0 aliphatic carbocycles. The zero-order chi connectivity index (χ0) is 21.5. The summed E-state index contributed by atoms with van der Waals surface area (Å²) in [5.74, 6) is 0.485. The summed E-state index contributed by atoms with van der Waals surface area (Å²) in [7, 11) is 0. The van der Waals surface area contributed by atoms with Crippen molar-refractivity contribution in [2.75, 3.05) is 0 Å². The van der Waals surface area contributed by atoms with E-state index in [1.54, 1.807) is 37.3 Å². The van der Waals surface area contributed by atoms with Crippen LogP contribution in [-0.4, -0.2) is 11.8 Å². The highest BCUT2D eigenvalue weighted by atomic mass is 32.1. The number of ether oxygens (including phenoxy) is 2. The molecule has 0 radical (unpaired) electrons. The number of ketones is 1. The Hall–Kier alpha value is -3.18. The maximum absolute atomic E-state index is 12.8. The summed E-state index contributed by atoms with van der Waals surface area (Å²) >= 11 is 1.32. The third kappa shape index (κ3) is 3.81. The fourth-order valence-electron chi connectivity index (χ4n) is 3.25. The van der Waals surface area contributed by atoms with Gasteiger partial charge in [0.1, 0.15) is 16.4 Å². The molecular formula is C25H22O4S. The summed E-state index contributed by atoms with van der Waals surface area (Å²) in [5, 5.41) is 1.82. The van der Waals surface area contributed by atoms with E-state index >= 15 is 0 Å². The van der Waals surface area contributed by atoms with E-state index in [4.69, 9.17) is 9.47 Å². The molecule has 0 bridgehead atoms. The first-order valence-electron chi connectivity index (χ1n) is 9.68. The van der Waals surface area contributed by atoms with Crippen molar-refractivity contribution in [3.63, 3.8) is 0 Å². The number of hydrogen-bond acceptors (Lipinski definition) is 5. The number of Topliss-reactive ketones (excluding diaryl/α,β-unsaturated/α-hetero) is 1. The Morgan fingerprint density at radius 1 is 1.07 bits per heavy atom. The van der Waals surface area contributed by atoms with Crippen LogP contribution in [0.4, 0.5) is 0 Å². The number of fused-ring (bicyclic) bond motifs is 1. The first-order valence-corrected chi connectivity index (χ1v) is 10.6. The first-order chi connectivity index (χ1) is 14.2. The lowest BCUT2D eigenvalue weighted by atomic mass is 9.86. The molecular weight excluding hydrogens is 396 g/mol. The average molecular weight is 419 g/mol. The van der Waals surface area contributed by atoms with Gasteiger partial charge in [-0.2, -0.15) is 0 Å². The fraction of sp³-hybridized carbons (Fsp3) is 0.200. The van der Waals surface area contributed by atoms with E-state index in [1.165, 1.54) is 16.9 Å². The molecule has 3 aromatic rings. The number of rotatable bonds is 3. The van der Waals surface area contributed by atoms with Crippen LogP contribution in [0.25, 0.3) is 6.08 Å². The summed E-state index contributed by atoms with van der Waals surface area (Å²) < 4.78 is 11.4. The number of thiophene rings is 1. The maximum atomic E-state index is 12.8. The van der Waals surface area contributed by atoms with E-state index in [0.717, 1.165) is 5.56 Å². The van der Waals surface area contributed by atoms with E-state index in [2.05, 4.69) is 32.9 Å². The van der Waals surface area contributed by atoms with Gasteiger partial charge >= 0.3 is 5.97 Å². The molecule has 0 spiro atoms. The predicted octanol–water partition coefficient (Wildman–Crippen LogP) is 6.19. The molecule has 2 aromatic carbocycles. The normalized spacial score (nSPS) is 14.5. The Balaban J connectivity index is 1.59. The van der Waals surface area contributed by atoms with Gasteiger partial charge in [0.05, 0.1) is 5.56 Å². The molecule has 0 saturated heterocycles. The van der Waals surface area contributed by atoms with Crippen LogP contribution in [0.2, 0.25) is 0 Å². The highest BCUT2D eigenvalue weighted by molar-refractivity contribution is 7.12. The highest BCUT2D eigenvalue weighted by Crippen LogP contribution is 2.39. The quantitative estimate of drug-likeness (QED) is 0.289. The zero-order valence-electron chi connectivity index (χ0n) is 17.3. The lowest BCUT2D eigenvalue weighted by Crippen LogP contribution is -2.10. The summed E-state index contributed by atoms with van der Waals surface area (Å²) in [5.41, 5.74) is 3.27. The van der Waals surface area contributed by atoms with Gasteiger partial charge in [-0.1, -0.05) is 51.1 Å². The van der Waals surface area contributed by atoms with Crippen molar-refractivity contribution in [3.8, 4) is 11.5 Å². The van der Waals surface area contributed by atoms with Crippen molar-refractivity contribution in [2.24, 2.45) is 0 Å². The molecule has 2 heterocycles. The van der Waals surface area contributed by atoms with Gasteiger partial charge in [-0.3, -0.25) is 4.79 Å². The van der Waals surface area contributed by atoms with Gasteiger partial charge in [-0.05, 0) is 53.1 Å². The minimum Gasteiger partial charge on any atom is -0.452 e. The lowest BCUT2D eigenvalue weighted by molar-refractivity contribution is 0.0738. The molecule has 0 unspecified atom stereocenters. The van der Waals surface area contributed by atoms with Crippen LogP contribution >= 0.6 is 11.3 Å². The van der Waals surface area contributed by atoms with Crippen molar-refractivity contribution in [3.05, 3.63) is 86.8 Å². The molecule has 5 heteroatoms. The standard InChI is InChI=1S/C25H22O4S/c1-15-19(29-24(27)21-6-5-13-30-21)12-11-18-22(26)20(28-23(15)18)14-16-7-9-17(10-8-16)25(2,3)4/h5-14H,1-4H3/b20-14-. The van der Waals surface area contributed by atoms with Crippen LogP contribution in [0.3, 0.4) is 0 Å². The average Bonchev–Trinajstić information content (AvgIpc) is 3.34. The molecule has 1 aliphatic rings. The summed E-state index contributed by atoms with van der Waals surface area (Å²) in [4.78, 5) is 25.6. The van der Waals surface area contributed by atoms with Crippen LogP contribution in [0.1, 0.15) is 57.5 Å². The zero-order valence-corrected chi connectivity index (χ0v) is 18.1. The van der Waals surface area contributed by atoms with Gasteiger partial charge in [0, 0.05) is 5.56 Å². The summed E-state index contributed by atoms with van der Waals surface area (Å²) in [6.07, 6.45) is 1.74. The van der Waals surface area contributed by atoms with Crippen molar-refractivity contribution in [2.45, 2.75) is 33.1 Å². The van der Waals surface area contributed by atoms with Gasteiger partial charge in [0.25, 0.3) is 0 Å². The minimum absolute atomic E-state index is 0.0651. The van der Waals surface area contributed by atoms with E-state index in [9.17, 15) is 9.59 Å². The van der Waals surface area contributed by atoms with Crippen LogP contribution in [0.15, 0.2) is 59.7 Å². The van der Waals surface area contributed by atoms with E-state index in [0.29, 0.717) is 27.5 Å². The Morgan fingerprint density at radius 2 is 1.80 bits per heavy atom. The van der Waals surface area contributed by atoms with Crippen LogP contribution in [0.5, 0.6) is 11.5 Å². The fourth-order valence-corrected chi connectivity index (χ4v) is 3.85. The van der Waals surface area contributed by atoms with E-state index < -0.39 is 5.97 Å². The third-order valence-electron chi connectivity index (χ3n) is 5.04. The van der Waals surface area contributed by atoms with Crippen molar-refractivity contribution >= 4 is 29.2 Å². The number of esters is 1. The molecule has 4 nitrogen and oxygen atoms in total. The monoisotopic (exact) mass is 418 g/mol. The number of carbonyl (C=O) groups is 2. The molecule has 1 aliphatic heterocycles. The molecule has 0 atom stereocenters. The van der Waals surface area contributed by atoms with Gasteiger partial charge < -0.3 is 9.47 Å². The number of carbonyl (C=O) groups excluding carboxylic acids is 2. The van der Waals surface area contributed by atoms with Gasteiger partial charge in [-0.25, -0.2) is 4.79 Å². The van der Waals surface area contributed by atoms with E-state index in [-0.39, 0.29) is 17.0 Å². The van der Waals surface area contributed by atoms with Crippen molar-refractivity contribution < 1.29 is 19.1 Å². The molecule has 152 valence electrons. The summed E-state index contributed by atoms with van der Waals surface area (Å²) in [6, 6.07) is 14.9. The van der Waals surface area contributed by atoms with Gasteiger partial charge in [0.15, 0.2) is 5.76 Å². The van der Waals surface area contributed by atoms with Crippen LogP contribution in [0, 0.1) is 6.92 Å². The molecule has 0 saturated carbocycles. The summed E-state index contributed by atoms with van der Waals surface area (Å²) in [6.45, 7) is 8.26. The number of hydrogen-bond donors (Lipinski definition) is 0. The van der Waals surface area contributed by atoms with Crippen molar-refractivity contribution in [1.82, 2.24) is 0 Å². The van der Waals surface area contributed by atoms with Crippen LogP contribution in [-0.2, 0) is 5.41 Å². The topological polar surface area (TPSA) is 52.6 Å². The SMILES string of the molecule is Cc1c(OC(=O)c2cccs2)ccc2c1O/C(=C\c1ccc(C(C)(C)C)cc1)C2=O. The van der Waals surface area contributed by atoms with Gasteiger partial charge in [-0.15, -0.1) is 11.3 Å². The second kappa shape index (κ2) is 7.58. The Kier molecular flexibility index (Phi) is 5.08. The largest absolute Gasteiger partial charge is 0.452 e. The molecule has 0 fully saturated rings. The Labute approximate surface area is 179 Å². The smallest absolute Gasteiger partial charge is 0.353 e. The molecule has 4 rings (SSSR count). The Morgan fingerprint density at radius 3 is 2.43 bits per heavy atom. The second-order valence-corrected chi connectivity index (χ2v) is 9.19. The minimum atomic E-state index is -0.424. The highest BCUT2D eigenvalue weighted by Gasteiger charge is 2.30. The number of benzene rings is 2. The molecule has 30 heavy (non-hydrogen) atoms. The molecule has 1 aromatic heterocycles. The first kappa shape index (κ1) is 20.1. The molecule has 0 amide bonds. The third-order valence-corrected chi connectivity index (χ3v) is 5.89. The maximum Gasteiger partial charge on any atom is 0.353 e. The molecule has 0 N–H and O–H groups in total. The second-order valence-electron chi connectivity index (χ2n) is 8.24. The van der Waals surface area contributed by atoms with Crippen molar-refractivity contribution in [1.29, 1.82) is 0 Å². The Bertz CT molecular complexity index is 1150. The van der Waals surface area contributed by atoms with Gasteiger partial charge in [0.2, 0.25) is 5.78 Å². The predicted molar refractivity (Wildman–Crippen MR) is 119 cm³/mol.